The second-order valence-electron chi connectivity index (χ2n) is 7.80. The van der Waals surface area contributed by atoms with Crippen molar-refractivity contribution in [1.82, 2.24) is 24.2 Å². The van der Waals surface area contributed by atoms with E-state index in [0.29, 0.717) is 18.7 Å². The van der Waals surface area contributed by atoms with Gasteiger partial charge in [0.05, 0.1) is 16.6 Å². The largest absolute Gasteiger partial charge is 0.338 e. The van der Waals surface area contributed by atoms with Gasteiger partial charge in [-0.1, -0.05) is 0 Å². The Balaban J connectivity index is 1.57. The molecule has 1 amide bonds. The van der Waals surface area contributed by atoms with Crippen molar-refractivity contribution in [2.45, 2.75) is 60.0 Å². The molecular formula is C21H27N5O2S. The lowest BCUT2D eigenvalue weighted by molar-refractivity contribution is 0.0691. The summed E-state index contributed by atoms with van der Waals surface area (Å²) in [5.41, 5.74) is 2.53. The lowest BCUT2D eigenvalue weighted by Crippen LogP contribution is -2.41. The summed E-state index contributed by atoms with van der Waals surface area (Å²) in [5, 5.41) is 5.14. The first-order chi connectivity index (χ1) is 13.8. The normalized spacial score (nSPS) is 15.4. The molecule has 1 aliphatic rings. The first-order valence-electron chi connectivity index (χ1n) is 10.1. The van der Waals surface area contributed by atoms with Gasteiger partial charge >= 0.3 is 0 Å². The van der Waals surface area contributed by atoms with Gasteiger partial charge in [-0.05, 0) is 53.0 Å². The molecule has 0 aromatic carbocycles. The van der Waals surface area contributed by atoms with Gasteiger partial charge in [0.25, 0.3) is 11.5 Å². The molecule has 154 valence electrons. The standard InChI is InChI=1S/C21H27N5O2S/c1-6-25-11-17(13(3)23-25)20(27)24-9-7-16(8-10-24)26-15(5)22-19-18(21(26)28)12(2)14(4)29-19/h11,16H,6-10H2,1-5H3. The van der Waals surface area contributed by atoms with Crippen LogP contribution in [0.25, 0.3) is 10.2 Å². The van der Waals surface area contributed by atoms with Crippen molar-refractivity contribution in [3.05, 3.63) is 44.1 Å². The lowest BCUT2D eigenvalue weighted by atomic mass is 10.0. The maximum Gasteiger partial charge on any atom is 0.262 e. The molecule has 0 atom stereocenters. The molecule has 8 heteroatoms. The Hall–Kier alpha value is -2.48. The van der Waals surface area contributed by atoms with Gasteiger partial charge in [-0.25, -0.2) is 4.98 Å². The van der Waals surface area contributed by atoms with E-state index in [0.717, 1.165) is 51.6 Å². The minimum atomic E-state index is 0.0302. The maximum atomic E-state index is 13.2. The van der Waals surface area contributed by atoms with Crippen LogP contribution in [0.15, 0.2) is 11.0 Å². The molecule has 0 saturated carbocycles. The summed E-state index contributed by atoms with van der Waals surface area (Å²) in [7, 11) is 0. The van der Waals surface area contributed by atoms with E-state index in [1.54, 1.807) is 16.0 Å². The van der Waals surface area contributed by atoms with Crippen molar-refractivity contribution in [3.8, 4) is 0 Å². The molecule has 7 nitrogen and oxygen atoms in total. The number of rotatable bonds is 3. The molecule has 0 spiro atoms. The van der Waals surface area contributed by atoms with Gasteiger partial charge in [0.1, 0.15) is 10.7 Å². The van der Waals surface area contributed by atoms with Crippen LogP contribution in [0.1, 0.15) is 58.1 Å². The Bertz CT molecular complexity index is 1150. The highest BCUT2D eigenvalue weighted by molar-refractivity contribution is 7.18. The number of carbonyl (C=O) groups excluding carboxylic acids is 1. The number of aromatic nitrogens is 4. The average molecular weight is 414 g/mol. The number of amides is 1. The Morgan fingerprint density at radius 2 is 1.90 bits per heavy atom. The van der Waals surface area contributed by atoms with Crippen molar-refractivity contribution in [3.63, 3.8) is 0 Å². The Morgan fingerprint density at radius 3 is 2.52 bits per heavy atom. The van der Waals surface area contributed by atoms with Crippen molar-refractivity contribution in [2.75, 3.05) is 13.1 Å². The third-order valence-electron chi connectivity index (χ3n) is 6.03. The van der Waals surface area contributed by atoms with Crippen LogP contribution in [-0.4, -0.2) is 43.2 Å². The van der Waals surface area contributed by atoms with Crippen LogP contribution >= 0.6 is 11.3 Å². The van der Waals surface area contributed by atoms with E-state index >= 15 is 0 Å². The highest BCUT2D eigenvalue weighted by Crippen LogP contribution is 2.29. The van der Waals surface area contributed by atoms with Gasteiger partial charge in [0.15, 0.2) is 0 Å². The van der Waals surface area contributed by atoms with E-state index in [2.05, 4.69) is 5.10 Å². The summed E-state index contributed by atoms with van der Waals surface area (Å²) in [6.07, 6.45) is 3.34. The highest BCUT2D eigenvalue weighted by Gasteiger charge is 2.28. The predicted molar refractivity (Wildman–Crippen MR) is 115 cm³/mol. The van der Waals surface area contributed by atoms with Gasteiger partial charge in [0.2, 0.25) is 0 Å². The van der Waals surface area contributed by atoms with Gasteiger partial charge in [-0.2, -0.15) is 5.10 Å². The molecule has 0 radical (unpaired) electrons. The first kappa shape index (κ1) is 19.8. The van der Waals surface area contributed by atoms with Crippen LogP contribution in [0, 0.1) is 27.7 Å². The number of hydrogen-bond donors (Lipinski definition) is 0. The Kier molecular flexibility index (Phi) is 5.06. The minimum absolute atomic E-state index is 0.0302. The topological polar surface area (TPSA) is 73.0 Å². The molecule has 0 unspecified atom stereocenters. The molecule has 1 fully saturated rings. The van der Waals surface area contributed by atoms with Crippen LogP contribution in [0.2, 0.25) is 0 Å². The molecule has 3 aromatic rings. The van der Waals surface area contributed by atoms with Crippen LogP contribution in [0.3, 0.4) is 0 Å². The molecule has 0 bridgehead atoms. The number of fused-ring (bicyclic) bond motifs is 1. The number of piperidine rings is 1. The molecule has 1 saturated heterocycles. The van der Waals surface area contributed by atoms with Crippen molar-refractivity contribution in [1.29, 1.82) is 0 Å². The zero-order valence-corrected chi connectivity index (χ0v) is 18.5. The average Bonchev–Trinajstić information content (AvgIpc) is 3.21. The second kappa shape index (κ2) is 7.40. The van der Waals surface area contributed by atoms with Crippen LogP contribution in [0.5, 0.6) is 0 Å². The van der Waals surface area contributed by atoms with Crippen molar-refractivity contribution >= 4 is 27.5 Å². The first-order valence-corrected chi connectivity index (χ1v) is 11.0. The molecule has 29 heavy (non-hydrogen) atoms. The second-order valence-corrected chi connectivity index (χ2v) is 9.01. The fourth-order valence-electron chi connectivity index (χ4n) is 4.23. The smallest absolute Gasteiger partial charge is 0.262 e. The summed E-state index contributed by atoms with van der Waals surface area (Å²) in [4.78, 5) is 34.7. The molecule has 4 rings (SSSR count). The summed E-state index contributed by atoms with van der Waals surface area (Å²) in [6.45, 7) is 11.8. The zero-order valence-electron chi connectivity index (χ0n) is 17.7. The molecule has 0 N–H and O–H groups in total. The Morgan fingerprint density at radius 1 is 1.21 bits per heavy atom. The van der Waals surface area contributed by atoms with Crippen LogP contribution in [-0.2, 0) is 6.54 Å². The molecule has 3 aromatic heterocycles. The van der Waals surface area contributed by atoms with E-state index in [9.17, 15) is 9.59 Å². The highest BCUT2D eigenvalue weighted by atomic mass is 32.1. The number of likely N-dealkylation sites (tertiary alicyclic amines) is 1. The van der Waals surface area contributed by atoms with Gasteiger partial charge in [0, 0.05) is 36.8 Å². The minimum Gasteiger partial charge on any atom is -0.338 e. The molecule has 4 heterocycles. The quantitative estimate of drug-likeness (QED) is 0.660. The third-order valence-corrected chi connectivity index (χ3v) is 7.13. The number of thiophene rings is 1. The van der Waals surface area contributed by atoms with E-state index < -0.39 is 0 Å². The Labute approximate surface area is 174 Å². The van der Waals surface area contributed by atoms with Crippen molar-refractivity contribution < 1.29 is 4.79 Å². The molecular weight excluding hydrogens is 386 g/mol. The van der Waals surface area contributed by atoms with Gasteiger partial charge in [-0.15, -0.1) is 11.3 Å². The lowest BCUT2D eigenvalue weighted by Gasteiger charge is -2.33. The fourth-order valence-corrected chi connectivity index (χ4v) is 5.29. The summed E-state index contributed by atoms with van der Waals surface area (Å²) < 4.78 is 3.65. The monoisotopic (exact) mass is 413 g/mol. The zero-order chi connectivity index (χ0) is 20.9. The molecule has 1 aliphatic heterocycles. The molecule has 0 aliphatic carbocycles. The SMILES string of the molecule is CCn1cc(C(=O)N2CCC(n3c(C)nc4sc(C)c(C)c4c3=O)CC2)c(C)n1. The van der Waals surface area contributed by atoms with E-state index in [4.69, 9.17) is 4.98 Å². The van der Waals surface area contributed by atoms with Gasteiger partial charge < -0.3 is 4.90 Å². The number of aryl methyl sites for hydroxylation is 5. The van der Waals surface area contributed by atoms with E-state index in [1.807, 2.05) is 50.3 Å². The summed E-state index contributed by atoms with van der Waals surface area (Å²) in [6, 6.07) is 0.0718. The maximum absolute atomic E-state index is 13.2. The fraction of sp³-hybridized carbons (Fsp3) is 0.524. The number of carbonyl (C=O) groups is 1. The summed E-state index contributed by atoms with van der Waals surface area (Å²) >= 11 is 1.58. The van der Waals surface area contributed by atoms with Crippen LogP contribution < -0.4 is 5.56 Å². The number of hydrogen-bond acceptors (Lipinski definition) is 5. The van der Waals surface area contributed by atoms with Gasteiger partial charge in [-0.3, -0.25) is 18.8 Å². The number of nitrogens with zero attached hydrogens (tertiary/aromatic N) is 5. The van der Waals surface area contributed by atoms with E-state index in [-0.39, 0.29) is 17.5 Å². The third kappa shape index (κ3) is 3.29. The predicted octanol–water partition coefficient (Wildman–Crippen LogP) is 3.39. The van der Waals surface area contributed by atoms with Crippen molar-refractivity contribution in [2.24, 2.45) is 0 Å². The van der Waals surface area contributed by atoms with E-state index in [1.165, 1.54) is 0 Å². The summed E-state index contributed by atoms with van der Waals surface area (Å²) in [5.74, 6) is 0.788. The van der Waals surface area contributed by atoms with Crippen LogP contribution in [0.4, 0.5) is 0 Å².